The van der Waals surface area contributed by atoms with E-state index in [-0.39, 0.29) is 1.43 Å². The molecule has 0 aromatic carbocycles. The summed E-state index contributed by atoms with van der Waals surface area (Å²) in [5.74, 6) is 0. The summed E-state index contributed by atoms with van der Waals surface area (Å²) in [4.78, 5) is 0. The molecule has 0 aliphatic heterocycles. The zero-order valence-corrected chi connectivity index (χ0v) is 5.99. The summed E-state index contributed by atoms with van der Waals surface area (Å²) in [6.07, 6.45) is 1.36. The number of rotatable bonds is 2. The van der Waals surface area contributed by atoms with E-state index < -0.39 is 0 Å². The highest BCUT2D eigenvalue weighted by molar-refractivity contribution is 5.00. The van der Waals surface area contributed by atoms with Gasteiger partial charge in [-0.2, -0.15) is 0 Å². The lowest BCUT2D eigenvalue weighted by atomic mass is 10.2. The van der Waals surface area contributed by atoms with Crippen molar-refractivity contribution in [2.45, 2.75) is 33.2 Å². The fourth-order valence-corrected chi connectivity index (χ4v) is 1.06. The van der Waals surface area contributed by atoms with Crippen LogP contribution in [0.1, 0.15) is 28.6 Å². The molecule has 0 bridgehead atoms. The van der Waals surface area contributed by atoms with Crippen LogP contribution in [-0.2, 0) is 0 Å². The molecule has 1 N–H and O–H groups in total. The lowest BCUT2D eigenvalue weighted by Gasteiger charge is -2.01. The predicted molar refractivity (Wildman–Crippen MR) is 38.0 cm³/mol. The number of hydrogen-bond donors (Lipinski definition) is 1. The molecule has 1 fully saturated rings. The first-order valence-corrected chi connectivity index (χ1v) is 3.40. The monoisotopic (exact) mass is 115 g/mol. The second-order valence-corrected chi connectivity index (χ2v) is 3.30. The van der Waals surface area contributed by atoms with Crippen LogP contribution in [0, 0.1) is 5.41 Å². The van der Waals surface area contributed by atoms with E-state index >= 15 is 0 Å². The first-order chi connectivity index (χ1) is 3.67. The van der Waals surface area contributed by atoms with Gasteiger partial charge in [0.2, 0.25) is 0 Å². The van der Waals surface area contributed by atoms with E-state index in [2.05, 4.69) is 26.1 Å². The molecular weight excluding hydrogens is 98.1 g/mol. The quantitative estimate of drug-likeness (QED) is 0.577. The lowest BCUT2D eigenvalue weighted by Crippen LogP contribution is -2.19. The predicted octanol–water partition coefficient (Wildman–Crippen LogP) is 1.64. The summed E-state index contributed by atoms with van der Waals surface area (Å²) in [5.41, 5.74) is 0.607. The second kappa shape index (κ2) is 1.73. The SMILES string of the molecule is CCN[C@@H]1CC1(C)C.[HH]. The Morgan fingerprint density at radius 3 is 2.38 bits per heavy atom. The summed E-state index contributed by atoms with van der Waals surface area (Å²) in [5, 5.41) is 3.41. The Hall–Kier alpha value is -0.0400. The van der Waals surface area contributed by atoms with Crippen LogP contribution in [-0.4, -0.2) is 12.6 Å². The van der Waals surface area contributed by atoms with Gasteiger partial charge in [-0.15, -0.1) is 0 Å². The molecule has 0 spiro atoms. The van der Waals surface area contributed by atoms with E-state index in [1.807, 2.05) is 0 Å². The third-order valence-electron chi connectivity index (χ3n) is 1.96. The molecule has 0 heterocycles. The molecule has 50 valence electrons. The van der Waals surface area contributed by atoms with Gasteiger partial charge in [0, 0.05) is 7.47 Å². The fourth-order valence-electron chi connectivity index (χ4n) is 1.06. The first-order valence-electron chi connectivity index (χ1n) is 3.40. The van der Waals surface area contributed by atoms with E-state index in [9.17, 15) is 0 Å². The summed E-state index contributed by atoms with van der Waals surface area (Å²) in [6, 6.07) is 0.812. The Morgan fingerprint density at radius 1 is 1.75 bits per heavy atom. The zero-order chi connectivity index (χ0) is 6.20. The van der Waals surface area contributed by atoms with Gasteiger partial charge in [0.1, 0.15) is 0 Å². The molecule has 1 saturated carbocycles. The van der Waals surface area contributed by atoms with Crippen molar-refractivity contribution >= 4 is 0 Å². The van der Waals surface area contributed by atoms with Crippen molar-refractivity contribution in [1.82, 2.24) is 5.32 Å². The maximum absolute atomic E-state index is 3.41. The average molecular weight is 115 g/mol. The van der Waals surface area contributed by atoms with E-state index in [0.717, 1.165) is 12.6 Å². The van der Waals surface area contributed by atoms with Gasteiger partial charge in [0.15, 0.2) is 0 Å². The van der Waals surface area contributed by atoms with Gasteiger partial charge in [-0.05, 0) is 18.4 Å². The summed E-state index contributed by atoms with van der Waals surface area (Å²) >= 11 is 0. The third kappa shape index (κ3) is 1.03. The van der Waals surface area contributed by atoms with Crippen molar-refractivity contribution in [2.24, 2.45) is 5.41 Å². The molecule has 0 saturated heterocycles. The van der Waals surface area contributed by atoms with Crippen molar-refractivity contribution in [3.05, 3.63) is 0 Å². The van der Waals surface area contributed by atoms with Crippen molar-refractivity contribution in [3.63, 3.8) is 0 Å². The third-order valence-corrected chi connectivity index (χ3v) is 1.96. The number of hydrogen-bond acceptors (Lipinski definition) is 1. The molecule has 0 aromatic rings. The molecule has 1 aliphatic rings. The van der Waals surface area contributed by atoms with Gasteiger partial charge in [-0.1, -0.05) is 20.8 Å². The minimum absolute atomic E-state index is 0. The molecule has 1 atom stereocenters. The highest BCUT2D eigenvalue weighted by Crippen LogP contribution is 2.44. The molecule has 1 rings (SSSR count). The summed E-state index contributed by atoms with van der Waals surface area (Å²) in [6.45, 7) is 7.89. The van der Waals surface area contributed by atoms with Crippen LogP contribution in [0.25, 0.3) is 0 Å². The van der Waals surface area contributed by atoms with Gasteiger partial charge in [0.25, 0.3) is 0 Å². The van der Waals surface area contributed by atoms with Crippen molar-refractivity contribution in [2.75, 3.05) is 6.54 Å². The Bertz CT molecular complexity index is 90.9. The van der Waals surface area contributed by atoms with Crippen LogP contribution in [0.3, 0.4) is 0 Å². The standard InChI is InChI=1S/C7H15N.H2/c1-4-8-6-5-7(6,2)3;/h6,8H,4-5H2,1-3H3;1H/t6-;/m1./s1. The average Bonchev–Trinajstić information content (AvgIpc) is 2.15. The molecule has 0 radical (unpaired) electrons. The van der Waals surface area contributed by atoms with Gasteiger partial charge in [-0.3, -0.25) is 0 Å². The van der Waals surface area contributed by atoms with Gasteiger partial charge >= 0.3 is 0 Å². The Morgan fingerprint density at radius 2 is 2.25 bits per heavy atom. The van der Waals surface area contributed by atoms with E-state index in [4.69, 9.17) is 0 Å². The normalized spacial score (nSPS) is 32.6. The smallest absolute Gasteiger partial charge is 0.0124 e. The molecule has 1 nitrogen and oxygen atoms in total. The Balaban J connectivity index is 0.000000640. The van der Waals surface area contributed by atoms with Crippen LogP contribution >= 0.6 is 0 Å². The molecule has 1 heteroatoms. The van der Waals surface area contributed by atoms with Crippen molar-refractivity contribution < 1.29 is 1.43 Å². The second-order valence-electron chi connectivity index (χ2n) is 3.30. The van der Waals surface area contributed by atoms with Crippen LogP contribution in [0.4, 0.5) is 0 Å². The van der Waals surface area contributed by atoms with Crippen LogP contribution in [0.15, 0.2) is 0 Å². The van der Waals surface area contributed by atoms with E-state index in [1.165, 1.54) is 6.42 Å². The van der Waals surface area contributed by atoms with Crippen molar-refractivity contribution in [1.29, 1.82) is 0 Å². The molecule has 8 heavy (non-hydrogen) atoms. The lowest BCUT2D eigenvalue weighted by molar-refractivity contribution is 0.553. The van der Waals surface area contributed by atoms with Crippen molar-refractivity contribution in [3.8, 4) is 0 Å². The fraction of sp³-hybridized carbons (Fsp3) is 1.00. The Labute approximate surface area is 53.0 Å². The molecule has 0 aromatic heterocycles. The maximum atomic E-state index is 3.41. The summed E-state index contributed by atoms with van der Waals surface area (Å²) < 4.78 is 0. The number of nitrogens with one attached hydrogen (secondary N) is 1. The van der Waals surface area contributed by atoms with Crippen LogP contribution < -0.4 is 5.32 Å². The highest BCUT2D eigenvalue weighted by Gasteiger charge is 2.44. The largest absolute Gasteiger partial charge is 0.314 e. The topological polar surface area (TPSA) is 12.0 Å². The minimum atomic E-state index is 0. The summed E-state index contributed by atoms with van der Waals surface area (Å²) in [7, 11) is 0. The molecule has 0 amide bonds. The Kier molecular flexibility index (Phi) is 1.31. The van der Waals surface area contributed by atoms with Gasteiger partial charge in [-0.25, -0.2) is 0 Å². The molecule has 1 aliphatic carbocycles. The first kappa shape index (κ1) is 6.09. The minimum Gasteiger partial charge on any atom is -0.314 e. The van der Waals surface area contributed by atoms with E-state index in [0.29, 0.717) is 5.41 Å². The van der Waals surface area contributed by atoms with Crippen LogP contribution in [0.5, 0.6) is 0 Å². The van der Waals surface area contributed by atoms with E-state index in [1.54, 1.807) is 0 Å². The highest BCUT2D eigenvalue weighted by atomic mass is 15.0. The molecule has 0 unspecified atom stereocenters. The van der Waals surface area contributed by atoms with Gasteiger partial charge in [0.05, 0.1) is 0 Å². The molecular formula is C7H17N. The van der Waals surface area contributed by atoms with Crippen LogP contribution in [0.2, 0.25) is 0 Å². The maximum Gasteiger partial charge on any atom is 0.0124 e. The zero-order valence-electron chi connectivity index (χ0n) is 5.99. The van der Waals surface area contributed by atoms with Gasteiger partial charge < -0.3 is 5.32 Å².